The standard InChI is InChI=1S/C39H44N6O3/c1-44(2)21-17-27-25-42-33-15-9-13-31(37(27)33)35(23-29-11-5-7-19-40-29)47-39(46)48-36(24-30-12-6-8-20-41-30)32-14-10-16-34-38(32)28(26-43-34)18-22-45(3)4/h5-16,19-20,25-26,35-36,42-43H,17-18,21-24H2,1-4H3. The first-order valence-corrected chi connectivity index (χ1v) is 16.5. The average molecular weight is 645 g/mol. The fourth-order valence-electron chi connectivity index (χ4n) is 6.30. The fourth-order valence-corrected chi connectivity index (χ4v) is 6.30. The lowest BCUT2D eigenvalue weighted by Crippen LogP contribution is -2.20. The molecular formula is C39H44N6O3. The summed E-state index contributed by atoms with van der Waals surface area (Å²) < 4.78 is 12.7. The van der Waals surface area contributed by atoms with E-state index >= 15 is 0 Å². The Morgan fingerprint density at radius 1 is 0.646 bits per heavy atom. The number of hydrogen-bond acceptors (Lipinski definition) is 7. The quantitative estimate of drug-likeness (QED) is 0.122. The smallest absolute Gasteiger partial charge is 0.426 e. The summed E-state index contributed by atoms with van der Waals surface area (Å²) in [5, 5.41) is 2.14. The number of pyridine rings is 2. The molecule has 248 valence electrons. The summed E-state index contributed by atoms with van der Waals surface area (Å²) in [6, 6.07) is 23.8. The van der Waals surface area contributed by atoms with Gasteiger partial charge in [-0.3, -0.25) is 9.97 Å². The first-order valence-electron chi connectivity index (χ1n) is 16.5. The van der Waals surface area contributed by atoms with Gasteiger partial charge in [-0.05, 0) is 88.6 Å². The minimum atomic E-state index is -0.735. The van der Waals surface area contributed by atoms with Gasteiger partial charge in [0.1, 0.15) is 12.2 Å². The predicted octanol–water partition coefficient (Wildman–Crippen LogP) is 7.07. The molecule has 2 aromatic carbocycles. The van der Waals surface area contributed by atoms with Crippen LogP contribution in [-0.4, -0.2) is 77.2 Å². The number of nitrogens with one attached hydrogen (secondary N) is 2. The van der Waals surface area contributed by atoms with E-state index in [9.17, 15) is 4.79 Å². The number of benzene rings is 2. The van der Waals surface area contributed by atoms with Gasteiger partial charge in [0.15, 0.2) is 0 Å². The molecule has 4 heterocycles. The molecule has 9 nitrogen and oxygen atoms in total. The van der Waals surface area contributed by atoms with E-state index in [1.54, 1.807) is 12.4 Å². The molecule has 0 aliphatic rings. The molecule has 2 N–H and O–H groups in total. The van der Waals surface area contributed by atoms with Gasteiger partial charge in [-0.2, -0.15) is 0 Å². The lowest BCUT2D eigenvalue weighted by molar-refractivity contribution is -0.00280. The molecule has 0 saturated heterocycles. The largest absolute Gasteiger partial charge is 0.509 e. The SMILES string of the molecule is CN(C)CCc1c[nH]c2cccc(C(Cc3ccccn3)OC(=O)OC(Cc3ccccn3)c3cccc4[nH]cc(CCN(C)C)c34)c12. The Morgan fingerprint density at radius 3 is 1.50 bits per heavy atom. The van der Waals surface area contributed by atoms with Crippen LogP contribution < -0.4 is 0 Å². The Hall–Kier alpha value is -4.99. The summed E-state index contributed by atoms with van der Waals surface area (Å²) in [7, 11) is 8.28. The molecule has 0 amide bonds. The lowest BCUT2D eigenvalue weighted by atomic mass is 9.97. The minimum absolute atomic E-state index is 0.403. The van der Waals surface area contributed by atoms with Crippen molar-refractivity contribution in [2.75, 3.05) is 41.3 Å². The molecule has 0 saturated carbocycles. The highest BCUT2D eigenvalue weighted by atomic mass is 16.7. The number of carbonyl (C=O) groups is 1. The van der Waals surface area contributed by atoms with E-state index in [0.717, 1.165) is 70.3 Å². The zero-order valence-corrected chi connectivity index (χ0v) is 28.1. The Kier molecular flexibility index (Phi) is 10.5. The van der Waals surface area contributed by atoms with Crippen LogP contribution in [0.1, 0.15) is 45.8 Å². The van der Waals surface area contributed by atoms with Crippen molar-refractivity contribution in [2.45, 2.75) is 37.9 Å². The van der Waals surface area contributed by atoms with Crippen molar-refractivity contribution in [3.8, 4) is 0 Å². The Labute approximate surface area is 281 Å². The van der Waals surface area contributed by atoms with Crippen LogP contribution in [0, 0.1) is 0 Å². The molecule has 4 aromatic heterocycles. The number of hydrogen-bond donors (Lipinski definition) is 2. The topological polar surface area (TPSA) is 99.4 Å². The third-order valence-electron chi connectivity index (χ3n) is 8.71. The zero-order valence-electron chi connectivity index (χ0n) is 28.1. The molecule has 0 aliphatic carbocycles. The van der Waals surface area contributed by atoms with Crippen molar-refractivity contribution in [3.63, 3.8) is 0 Å². The number of H-pyrrole nitrogens is 2. The van der Waals surface area contributed by atoms with Gasteiger partial charge in [-0.25, -0.2) is 4.79 Å². The number of ether oxygens (including phenoxy) is 2. The number of aromatic nitrogens is 4. The number of nitrogens with zero attached hydrogens (tertiary/aromatic N) is 4. The Morgan fingerprint density at radius 2 is 1.10 bits per heavy atom. The van der Waals surface area contributed by atoms with Crippen LogP contribution in [0.2, 0.25) is 0 Å². The van der Waals surface area contributed by atoms with E-state index in [-0.39, 0.29) is 0 Å². The van der Waals surface area contributed by atoms with Crippen molar-refractivity contribution in [1.82, 2.24) is 29.7 Å². The van der Waals surface area contributed by atoms with Crippen LogP contribution in [-0.2, 0) is 35.2 Å². The molecular weight excluding hydrogens is 600 g/mol. The summed E-state index contributed by atoms with van der Waals surface area (Å²) in [6.07, 6.45) is 8.17. The highest BCUT2D eigenvalue weighted by molar-refractivity contribution is 5.88. The molecule has 0 bridgehead atoms. The van der Waals surface area contributed by atoms with Gasteiger partial charge < -0.3 is 29.2 Å². The third kappa shape index (κ3) is 7.93. The molecule has 6 rings (SSSR count). The van der Waals surface area contributed by atoms with E-state index in [0.29, 0.717) is 12.8 Å². The van der Waals surface area contributed by atoms with Crippen LogP contribution in [0.25, 0.3) is 21.8 Å². The van der Waals surface area contributed by atoms with Gasteiger partial charge in [0.25, 0.3) is 0 Å². The number of carbonyl (C=O) groups excluding carboxylic acids is 1. The first-order chi connectivity index (χ1) is 23.4. The summed E-state index contributed by atoms with van der Waals surface area (Å²) >= 11 is 0. The monoisotopic (exact) mass is 644 g/mol. The van der Waals surface area contributed by atoms with Crippen molar-refractivity contribution in [3.05, 3.63) is 131 Å². The summed E-state index contributed by atoms with van der Waals surface area (Å²) in [6.45, 7) is 1.79. The average Bonchev–Trinajstić information content (AvgIpc) is 3.71. The second-order valence-electron chi connectivity index (χ2n) is 12.8. The fraction of sp³-hybridized carbons (Fsp3) is 0.308. The maximum Gasteiger partial charge on any atom is 0.509 e. The van der Waals surface area contributed by atoms with E-state index in [4.69, 9.17) is 9.47 Å². The predicted molar refractivity (Wildman–Crippen MR) is 190 cm³/mol. The molecule has 0 spiro atoms. The van der Waals surface area contributed by atoms with Gasteiger partial charge in [-0.15, -0.1) is 0 Å². The maximum absolute atomic E-state index is 14.0. The highest BCUT2D eigenvalue weighted by Crippen LogP contribution is 2.35. The van der Waals surface area contributed by atoms with E-state index in [2.05, 4.69) is 82.5 Å². The van der Waals surface area contributed by atoms with Crippen LogP contribution in [0.3, 0.4) is 0 Å². The third-order valence-corrected chi connectivity index (χ3v) is 8.71. The second kappa shape index (κ2) is 15.3. The second-order valence-corrected chi connectivity index (χ2v) is 12.8. The minimum Gasteiger partial charge on any atom is -0.426 e. The number of fused-ring (bicyclic) bond motifs is 2. The number of rotatable bonds is 14. The van der Waals surface area contributed by atoms with Crippen molar-refractivity contribution >= 4 is 28.0 Å². The summed E-state index contributed by atoms with van der Waals surface area (Å²) in [5.74, 6) is 0. The van der Waals surface area contributed by atoms with Gasteiger partial charge in [0.05, 0.1) is 0 Å². The van der Waals surface area contributed by atoms with Crippen LogP contribution in [0.15, 0.2) is 97.6 Å². The molecule has 6 aromatic rings. The van der Waals surface area contributed by atoms with Crippen molar-refractivity contribution in [1.29, 1.82) is 0 Å². The maximum atomic E-state index is 14.0. The van der Waals surface area contributed by atoms with E-state index < -0.39 is 18.4 Å². The van der Waals surface area contributed by atoms with Crippen LogP contribution in [0.5, 0.6) is 0 Å². The molecule has 2 atom stereocenters. The Bertz CT molecular complexity index is 1790. The van der Waals surface area contributed by atoms with Gasteiger partial charge >= 0.3 is 6.16 Å². The number of aromatic amines is 2. The van der Waals surface area contributed by atoms with Crippen molar-refractivity contribution in [2.24, 2.45) is 0 Å². The Balaban J connectivity index is 1.35. The molecule has 0 aliphatic heterocycles. The van der Waals surface area contributed by atoms with E-state index in [1.165, 1.54) is 11.1 Å². The lowest BCUT2D eigenvalue weighted by Gasteiger charge is -2.23. The summed E-state index contributed by atoms with van der Waals surface area (Å²) in [4.78, 5) is 34.3. The molecule has 48 heavy (non-hydrogen) atoms. The van der Waals surface area contributed by atoms with Gasteiger partial charge in [0.2, 0.25) is 0 Å². The molecule has 0 radical (unpaired) electrons. The van der Waals surface area contributed by atoms with Crippen molar-refractivity contribution < 1.29 is 14.3 Å². The van der Waals surface area contributed by atoms with Crippen LogP contribution in [0.4, 0.5) is 4.79 Å². The van der Waals surface area contributed by atoms with Gasteiger partial charge in [-0.1, -0.05) is 36.4 Å². The number of likely N-dealkylation sites (N-methyl/N-ethyl adjacent to an activating group) is 2. The molecule has 0 fully saturated rings. The molecule has 2 unspecified atom stereocenters. The highest BCUT2D eigenvalue weighted by Gasteiger charge is 2.27. The van der Waals surface area contributed by atoms with Gasteiger partial charge in [0, 0.05) is 95.0 Å². The van der Waals surface area contributed by atoms with Crippen LogP contribution >= 0.6 is 0 Å². The first kappa shape index (κ1) is 32.9. The normalized spacial score (nSPS) is 13.0. The zero-order chi connectivity index (χ0) is 33.5. The molecule has 9 heteroatoms. The summed E-state index contributed by atoms with van der Waals surface area (Å²) in [5.41, 5.74) is 7.85. The van der Waals surface area contributed by atoms with E-state index in [1.807, 2.05) is 60.7 Å².